The molecule has 0 aromatic heterocycles. The van der Waals surface area contributed by atoms with E-state index in [9.17, 15) is 9.18 Å². The molecule has 2 aromatic rings. The van der Waals surface area contributed by atoms with Crippen LogP contribution in [0, 0.1) is 5.82 Å². The minimum Gasteiger partial charge on any atom is -0.348 e. The Morgan fingerprint density at radius 2 is 1.83 bits per heavy atom. The van der Waals surface area contributed by atoms with Gasteiger partial charge >= 0.3 is 0 Å². The van der Waals surface area contributed by atoms with Gasteiger partial charge < -0.3 is 10.2 Å². The molecule has 1 aliphatic rings. The second kappa shape index (κ2) is 7.90. The van der Waals surface area contributed by atoms with E-state index < -0.39 is 0 Å². The second-order valence-electron chi connectivity index (χ2n) is 6.21. The summed E-state index contributed by atoms with van der Waals surface area (Å²) >= 11 is 3.24. The molecule has 0 radical (unpaired) electrons. The fourth-order valence-corrected chi connectivity index (χ4v) is 3.70. The molecule has 3 nitrogen and oxygen atoms in total. The summed E-state index contributed by atoms with van der Waals surface area (Å²) in [4.78, 5) is 13.9. The van der Waals surface area contributed by atoms with E-state index in [0.717, 1.165) is 12.1 Å². The normalized spacial score (nSPS) is 14.8. The predicted molar refractivity (Wildman–Crippen MR) is 95.3 cm³/mol. The summed E-state index contributed by atoms with van der Waals surface area (Å²) in [5.41, 5.74) is 2.87. The number of amides is 1. The van der Waals surface area contributed by atoms with E-state index in [-0.39, 0.29) is 11.7 Å². The lowest BCUT2D eigenvalue weighted by Crippen LogP contribution is -3.08. The van der Waals surface area contributed by atoms with Gasteiger partial charge in [0.1, 0.15) is 12.4 Å². The van der Waals surface area contributed by atoms with Crippen LogP contribution in [0.2, 0.25) is 0 Å². The number of halogens is 2. The molecule has 3 rings (SSSR count). The number of carbonyl (C=O) groups is 1. The van der Waals surface area contributed by atoms with Crippen molar-refractivity contribution in [3.05, 3.63) is 69.4 Å². The zero-order valence-corrected chi connectivity index (χ0v) is 15.0. The minimum atomic E-state index is -0.364. The first kappa shape index (κ1) is 17.1. The first-order valence-electron chi connectivity index (χ1n) is 8.27. The Morgan fingerprint density at radius 1 is 1.12 bits per heavy atom. The summed E-state index contributed by atoms with van der Waals surface area (Å²) in [5, 5.41) is 2.94. The Labute approximate surface area is 150 Å². The molecule has 1 aliphatic heterocycles. The molecule has 2 N–H and O–H groups in total. The molecule has 1 amide bonds. The summed E-state index contributed by atoms with van der Waals surface area (Å²) in [5.74, 6) is -0.567. The zero-order chi connectivity index (χ0) is 16.9. The number of carbonyl (C=O) groups excluding carboxylic acids is 1. The largest absolute Gasteiger partial charge is 0.348 e. The third kappa shape index (κ3) is 4.22. The average Bonchev–Trinajstić information content (AvgIpc) is 3.07. The van der Waals surface area contributed by atoms with Gasteiger partial charge in [0.15, 0.2) is 0 Å². The van der Waals surface area contributed by atoms with Crippen LogP contribution >= 0.6 is 15.9 Å². The molecule has 0 spiro atoms. The molecule has 0 aliphatic carbocycles. The third-order valence-corrected chi connectivity index (χ3v) is 5.14. The van der Waals surface area contributed by atoms with Gasteiger partial charge in [-0.15, -0.1) is 0 Å². The standard InChI is InChI=1S/C19H20BrFN2O/c20-18-11-16(21)7-8-17(18)19(24)22-12-14-5-1-2-6-15(14)13-23-9-3-4-10-23/h1-2,5-8,11H,3-4,9-10,12-13H2,(H,22,24)/p+1. The Kier molecular flexibility index (Phi) is 5.63. The van der Waals surface area contributed by atoms with Crippen molar-refractivity contribution in [2.75, 3.05) is 13.1 Å². The third-order valence-electron chi connectivity index (χ3n) is 4.48. The van der Waals surface area contributed by atoms with E-state index >= 15 is 0 Å². The molecule has 24 heavy (non-hydrogen) atoms. The van der Waals surface area contributed by atoms with Gasteiger partial charge in [0.05, 0.1) is 18.7 Å². The van der Waals surface area contributed by atoms with Crippen molar-refractivity contribution < 1.29 is 14.1 Å². The molecule has 1 fully saturated rings. The molecule has 1 heterocycles. The highest BCUT2D eigenvalue weighted by Crippen LogP contribution is 2.18. The molecular weight excluding hydrogens is 371 g/mol. The predicted octanol–water partition coefficient (Wildman–Crippen LogP) is 2.70. The number of likely N-dealkylation sites (tertiary alicyclic amines) is 1. The highest BCUT2D eigenvalue weighted by molar-refractivity contribution is 9.10. The van der Waals surface area contributed by atoms with E-state index in [1.165, 1.54) is 49.7 Å². The summed E-state index contributed by atoms with van der Waals surface area (Å²) < 4.78 is 13.6. The van der Waals surface area contributed by atoms with E-state index in [0.29, 0.717) is 16.6 Å². The van der Waals surface area contributed by atoms with Crippen molar-refractivity contribution in [2.24, 2.45) is 0 Å². The maximum absolute atomic E-state index is 13.1. The first-order chi connectivity index (χ1) is 11.6. The molecule has 2 aromatic carbocycles. The zero-order valence-electron chi connectivity index (χ0n) is 13.4. The number of quaternary nitrogens is 1. The second-order valence-corrected chi connectivity index (χ2v) is 7.06. The van der Waals surface area contributed by atoms with E-state index in [1.54, 1.807) is 4.90 Å². The van der Waals surface area contributed by atoms with Crippen LogP contribution in [0.5, 0.6) is 0 Å². The number of hydrogen-bond donors (Lipinski definition) is 2. The van der Waals surface area contributed by atoms with Crippen molar-refractivity contribution in [1.29, 1.82) is 0 Å². The molecule has 126 valence electrons. The van der Waals surface area contributed by atoms with Crippen molar-refractivity contribution in [1.82, 2.24) is 5.32 Å². The van der Waals surface area contributed by atoms with Crippen LogP contribution in [0.15, 0.2) is 46.9 Å². The highest BCUT2D eigenvalue weighted by Gasteiger charge is 2.17. The Balaban J connectivity index is 1.66. The lowest BCUT2D eigenvalue weighted by molar-refractivity contribution is -0.901. The molecule has 0 unspecified atom stereocenters. The van der Waals surface area contributed by atoms with E-state index in [2.05, 4.69) is 33.4 Å². The van der Waals surface area contributed by atoms with Gasteiger partial charge in [-0.1, -0.05) is 24.3 Å². The van der Waals surface area contributed by atoms with Gasteiger partial charge in [-0.3, -0.25) is 4.79 Å². The van der Waals surface area contributed by atoms with E-state index in [4.69, 9.17) is 0 Å². The molecule has 5 heteroatoms. The van der Waals surface area contributed by atoms with Crippen LogP contribution in [0.3, 0.4) is 0 Å². The first-order valence-corrected chi connectivity index (χ1v) is 9.06. The van der Waals surface area contributed by atoms with Gasteiger partial charge in [-0.2, -0.15) is 0 Å². The lowest BCUT2D eigenvalue weighted by Gasteiger charge is -2.15. The molecular formula is C19H21BrFN2O+. The average molecular weight is 392 g/mol. The fourth-order valence-electron chi connectivity index (χ4n) is 3.17. The van der Waals surface area contributed by atoms with E-state index in [1.807, 2.05) is 12.1 Å². The monoisotopic (exact) mass is 391 g/mol. The van der Waals surface area contributed by atoms with Crippen LogP contribution in [-0.4, -0.2) is 19.0 Å². The van der Waals surface area contributed by atoms with Crippen LogP contribution in [-0.2, 0) is 13.1 Å². The minimum absolute atomic E-state index is 0.204. The van der Waals surface area contributed by atoms with Gasteiger partial charge in [-0.25, -0.2) is 4.39 Å². The molecule has 0 atom stereocenters. The van der Waals surface area contributed by atoms with Crippen molar-refractivity contribution in [2.45, 2.75) is 25.9 Å². The van der Waals surface area contributed by atoms with Gasteiger partial charge in [0.2, 0.25) is 0 Å². The summed E-state index contributed by atoms with van der Waals surface area (Å²) in [6.45, 7) is 3.94. The molecule has 1 saturated heterocycles. The van der Waals surface area contributed by atoms with Crippen molar-refractivity contribution in [3.8, 4) is 0 Å². The number of nitrogens with one attached hydrogen (secondary N) is 2. The van der Waals surface area contributed by atoms with Crippen molar-refractivity contribution in [3.63, 3.8) is 0 Å². The van der Waals surface area contributed by atoms with Crippen molar-refractivity contribution >= 4 is 21.8 Å². The Morgan fingerprint density at radius 3 is 2.54 bits per heavy atom. The fraction of sp³-hybridized carbons (Fsp3) is 0.316. The quantitative estimate of drug-likeness (QED) is 0.806. The van der Waals surface area contributed by atoms with Gasteiger partial charge in [-0.05, 0) is 39.7 Å². The van der Waals surface area contributed by atoms with Crippen LogP contribution in [0.25, 0.3) is 0 Å². The Bertz CT molecular complexity index is 729. The maximum Gasteiger partial charge on any atom is 0.252 e. The van der Waals surface area contributed by atoms with Crippen LogP contribution in [0.4, 0.5) is 4.39 Å². The lowest BCUT2D eigenvalue weighted by atomic mass is 10.1. The smallest absolute Gasteiger partial charge is 0.252 e. The number of rotatable bonds is 5. The molecule has 0 bridgehead atoms. The number of benzene rings is 2. The summed E-state index contributed by atoms with van der Waals surface area (Å²) in [6.07, 6.45) is 2.60. The highest BCUT2D eigenvalue weighted by atomic mass is 79.9. The Hall–Kier alpha value is -1.72. The van der Waals surface area contributed by atoms with Gasteiger partial charge in [0, 0.05) is 29.4 Å². The maximum atomic E-state index is 13.1. The topological polar surface area (TPSA) is 33.5 Å². The SMILES string of the molecule is O=C(NCc1ccccc1C[NH+]1CCCC1)c1ccc(F)cc1Br. The van der Waals surface area contributed by atoms with Crippen LogP contribution in [0.1, 0.15) is 34.3 Å². The van der Waals surface area contributed by atoms with Crippen LogP contribution < -0.4 is 10.2 Å². The van der Waals surface area contributed by atoms with Gasteiger partial charge in [0.25, 0.3) is 5.91 Å². The number of hydrogen-bond acceptors (Lipinski definition) is 1. The molecule has 0 saturated carbocycles. The summed E-state index contributed by atoms with van der Waals surface area (Å²) in [7, 11) is 0. The summed E-state index contributed by atoms with van der Waals surface area (Å²) in [6, 6.07) is 12.3.